The maximum atomic E-state index is 2.18. The van der Waals surface area contributed by atoms with E-state index in [0.29, 0.717) is 0 Å². The molecule has 1 rings (SSSR count). The summed E-state index contributed by atoms with van der Waals surface area (Å²) in [5.74, 6) is 0. The van der Waals surface area contributed by atoms with E-state index in [-0.39, 0.29) is 51.0 Å². The number of unbranched alkanes of at least 4 members (excludes halogenated alkanes) is 4. The Hall–Kier alpha value is 0.813. The van der Waals surface area contributed by atoms with Gasteiger partial charge in [0.1, 0.15) is 0 Å². The van der Waals surface area contributed by atoms with Crippen molar-refractivity contribution in [2.45, 2.75) is 53.4 Å². The second-order valence-corrected chi connectivity index (χ2v) is 3.36. The van der Waals surface area contributed by atoms with Crippen LogP contribution in [0, 0.1) is 12.8 Å². The predicted octanol–water partition coefficient (Wildman–Crippen LogP) is -0.568. The Balaban J connectivity index is -0.0000000433. The third kappa shape index (κ3) is 43.7. The SMILES string of the molecule is C[CH-]CCC.C[CH-]CCC.[Cl-].[Cl-].[Zr+2].c1cc[cH-]c1. The van der Waals surface area contributed by atoms with Gasteiger partial charge in [-0.1, -0.05) is 26.7 Å². The third-order valence-electron chi connectivity index (χ3n) is 1.71. The van der Waals surface area contributed by atoms with Crippen molar-refractivity contribution in [1.29, 1.82) is 0 Å². The fourth-order valence-corrected chi connectivity index (χ4v) is 0.898. The van der Waals surface area contributed by atoms with E-state index in [1.54, 1.807) is 0 Å². The van der Waals surface area contributed by atoms with Crippen LogP contribution in [-0.2, 0) is 26.2 Å². The van der Waals surface area contributed by atoms with E-state index >= 15 is 0 Å². The largest absolute Gasteiger partial charge is 2.00 e. The van der Waals surface area contributed by atoms with Crippen LogP contribution in [-0.4, -0.2) is 0 Å². The van der Waals surface area contributed by atoms with Gasteiger partial charge in [0.15, 0.2) is 0 Å². The molecule has 0 spiro atoms. The van der Waals surface area contributed by atoms with Crippen LogP contribution < -0.4 is 24.8 Å². The fourth-order valence-electron chi connectivity index (χ4n) is 0.898. The summed E-state index contributed by atoms with van der Waals surface area (Å²) < 4.78 is 0. The Morgan fingerprint density at radius 1 is 0.833 bits per heavy atom. The van der Waals surface area contributed by atoms with Gasteiger partial charge in [0.2, 0.25) is 0 Å². The van der Waals surface area contributed by atoms with Crippen LogP contribution in [0.4, 0.5) is 0 Å². The molecular weight excluding hydrogens is 342 g/mol. The van der Waals surface area contributed by atoms with E-state index in [1.807, 2.05) is 30.3 Å². The van der Waals surface area contributed by atoms with Crippen molar-refractivity contribution in [3.8, 4) is 0 Å². The Kier molecular flexibility index (Phi) is 62.7. The van der Waals surface area contributed by atoms with Gasteiger partial charge in [0, 0.05) is 0 Å². The molecule has 0 aliphatic rings. The van der Waals surface area contributed by atoms with Crippen molar-refractivity contribution >= 4 is 0 Å². The first-order valence-corrected chi connectivity index (χ1v) is 6.05. The van der Waals surface area contributed by atoms with Crippen LogP contribution in [0.2, 0.25) is 0 Å². The first kappa shape index (κ1) is 31.3. The fraction of sp³-hybridized carbons (Fsp3) is 0.533. The summed E-state index contributed by atoms with van der Waals surface area (Å²) in [6, 6.07) is 10.0. The molecule has 0 nitrogen and oxygen atoms in total. The average molecular weight is 370 g/mol. The Bertz CT molecular complexity index is 126. The minimum absolute atomic E-state index is 0. The summed E-state index contributed by atoms with van der Waals surface area (Å²) in [7, 11) is 0. The van der Waals surface area contributed by atoms with Gasteiger partial charge in [-0.3, -0.25) is 0 Å². The van der Waals surface area contributed by atoms with Crippen LogP contribution >= 0.6 is 0 Å². The summed E-state index contributed by atoms with van der Waals surface area (Å²) in [5.41, 5.74) is 0. The number of rotatable bonds is 4. The molecule has 1 aromatic rings. The van der Waals surface area contributed by atoms with Gasteiger partial charge in [-0.25, -0.2) is 12.1 Å². The molecule has 0 bridgehead atoms. The average Bonchev–Trinajstić information content (AvgIpc) is 2.79. The van der Waals surface area contributed by atoms with Gasteiger partial charge in [-0.05, 0) is 0 Å². The van der Waals surface area contributed by atoms with Gasteiger partial charge in [-0.2, -0.15) is 44.9 Å². The first-order chi connectivity index (χ1) is 7.33. The zero-order valence-corrected chi connectivity index (χ0v) is 16.1. The van der Waals surface area contributed by atoms with Crippen LogP contribution in [0.1, 0.15) is 53.4 Å². The van der Waals surface area contributed by atoms with Crippen molar-refractivity contribution in [2.24, 2.45) is 0 Å². The normalized spacial score (nSPS) is 6.89. The van der Waals surface area contributed by atoms with Gasteiger partial charge >= 0.3 is 26.2 Å². The molecule has 0 saturated heterocycles. The molecule has 18 heavy (non-hydrogen) atoms. The zero-order chi connectivity index (χ0) is 11.8. The Morgan fingerprint density at radius 2 is 1.17 bits per heavy atom. The maximum Gasteiger partial charge on any atom is 2.00 e. The van der Waals surface area contributed by atoms with Crippen molar-refractivity contribution in [2.75, 3.05) is 0 Å². The third-order valence-corrected chi connectivity index (χ3v) is 1.71. The van der Waals surface area contributed by atoms with Gasteiger partial charge in [-0.15, -0.1) is 0 Å². The second-order valence-electron chi connectivity index (χ2n) is 3.36. The molecule has 108 valence electrons. The molecular formula is C15H27Cl2Zr-3. The Labute approximate surface area is 147 Å². The van der Waals surface area contributed by atoms with Gasteiger partial charge < -0.3 is 37.7 Å². The van der Waals surface area contributed by atoms with Crippen molar-refractivity contribution in [3.05, 3.63) is 43.2 Å². The molecule has 0 radical (unpaired) electrons. The number of hydrogen-bond donors (Lipinski definition) is 0. The van der Waals surface area contributed by atoms with Crippen molar-refractivity contribution in [1.82, 2.24) is 0 Å². The van der Waals surface area contributed by atoms with E-state index < -0.39 is 0 Å². The molecule has 0 saturated carbocycles. The quantitative estimate of drug-likeness (QED) is 0.624. The van der Waals surface area contributed by atoms with Crippen molar-refractivity contribution < 1.29 is 51.0 Å². The molecule has 0 fully saturated rings. The molecule has 0 aliphatic heterocycles. The molecule has 0 atom stereocenters. The Morgan fingerprint density at radius 3 is 1.22 bits per heavy atom. The minimum Gasteiger partial charge on any atom is -1.00 e. The number of halogens is 2. The van der Waals surface area contributed by atoms with Gasteiger partial charge in [0.25, 0.3) is 0 Å². The predicted molar refractivity (Wildman–Crippen MR) is 71.8 cm³/mol. The van der Waals surface area contributed by atoms with E-state index in [9.17, 15) is 0 Å². The van der Waals surface area contributed by atoms with E-state index in [0.717, 1.165) is 0 Å². The summed E-state index contributed by atoms with van der Waals surface area (Å²) in [5, 5.41) is 0. The minimum atomic E-state index is 0. The molecule has 0 aliphatic carbocycles. The first-order valence-electron chi connectivity index (χ1n) is 6.05. The molecule has 0 N–H and O–H groups in total. The molecule has 1 aromatic carbocycles. The molecule has 3 heteroatoms. The topological polar surface area (TPSA) is 0 Å². The summed E-state index contributed by atoms with van der Waals surface area (Å²) >= 11 is 0. The second kappa shape index (κ2) is 36.1. The standard InChI is InChI=1S/C5H5.2C5H11.2ClH.Zr/c1-2-4-5-3-1;2*1-3-5-4-2;;;/h1-5H;2*3H,4-5H2,1-2H3;2*1H;/q3*-1;;;+2/p-2. The summed E-state index contributed by atoms with van der Waals surface area (Å²) in [6.45, 7) is 8.53. The number of hydrogen-bond acceptors (Lipinski definition) is 0. The van der Waals surface area contributed by atoms with Crippen molar-refractivity contribution in [3.63, 3.8) is 0 Å². The molecule has 0 unspecified atom stereocenters. The van der Waals surface area contributed by atoms with Crippen LogP contribution in [0.25, 0.3) is 0 Å². The summed E-state index contributed by atoms with van der Waals surface area (Å²) in [6.07, 6.45) is 9.47. The summed E-state index contributed by atoms with van der Waals surface area (Å²) in [4.78, 5) is 0. The zero-order valence-electron chi connectivity index (χ0n) is 12.1. The van der Waals surface area contributed by atoms with E-state index in [4.69, 9.17) is 0 Å². The maximum absolute atomic E-state index is 2.18. The van der Waals surface area contributed by atoms with E-state index in [2.05, 4.69) is 40.5 Å². The molecule has 0 heterocycles. The van der Waals surface area contributed by atoms with Crippen LogP contribution in [0.3, 0.4) is 0 Å². The molecule has 0 aromatic heterocycles. The van der Waals surface area contributed by atoms with E-state index in [1.165, 1.54) is 25.7 Å². The van der Waals surface area contributed by atoms with Gasteiger partial charge in [0.05, 0.1) is 0 Å². The van der Waals surface area contributed by atoms with Crippen LogP contribution in [0.5, 0.6) is 0 Å². The van der Waals surface area contributed by atoms with Crippen LogP contribution in [0.15, 0.2) is 30.3 Å². The smallest absolute Gasteiger partial charge is 1.00 e. The monoisotopic (exact) mass is 367 g/mol. The molecule has 0 amide bonds.